The molecule has 0 unspecified atom stereocenters. The number of morpholine rings is 1. The van der Waals surface area contributed by atoms with E-state index in [0.29, 0.717) is 19.5 Å². The predicted octanol–water partition coefficient (Wildman–Crippen LogP) is 1.07. The lowest BCUT2D eigenvalue weighted by molar-refractivity contribution is -0.133. The van der Waals surface area contributed by atoms with Crippen LogP contribution in [0.4, 0.5) is 0 Å². The van der Waals surface area contributed by atoms with Crippen LogP contribution in [0.2, 0.25) is 0 Å². The van der Waals surface area contributed by atoms with Crippen LogP contribution < -0.4 is 4.72 Å². The molecule has 1 aromatic carbocycles. The number of ether oxygens (including phenoxy) is 1. The molecule has 28 heavy (non-hydrogen) atoms. The molecular formula is C20H31N3O4S. The third kappa shape index (κ3) is 6.84. The van der Waals surface area contributed by atoms with E-state index in [-0.39, 0.29) is 17.6 Å². The lowest BCUT2D eigenvalue weighted by Gasteiger charge is -2.34. The summed E-state index contributed by atoms with van der Waals surface area (Å²) in [5.41, 5.74) is 0.776. The minimum absolute atomic E-state index is 0.0112. The van der Waals surface area contributed by atoms with Crippen molar-refractivity contribution in [3.63, 3.8) is 0 Å². The first-order valence-electron chi connectivity index (χ1n) is 10.1. The fourth-order valence-corrected chi connectivity index (χ4v) is 5.01. The second-order valence-electron chi connectivity index (χ2n) is 7.65. The largest absolute Gasteiger partial charge is 0.379 e. The van der Waals surface area contributed by atoms with Crippen molar-refractivity contribution >= 4 is 15.9 Å². The molecule has 1 aromatic rings. The van der Waals surface area contributed by atoms with Crippen LogP contribution in [-0.2, 0) is 25.3 Å². The molecule has 2 aliphatic heterocycles. The number of hydrogen-bond acceptors (Lipinski definition) is 5. The maximum absolute atomic E-state index is 12.6. The number of nitrogens with zero attached hydrogens (tertiary/aromatic N) is 2. The van der Waals surface area contributed by atoms with E-state index in [0.717, 1.165) is 57.8 Å². The van der Waals surface area contributed by atoms with E-state index in [4.69, 9.17) is 4.74 Å². The van der Waals surface area contributed by atoms with Crippen LogP contribution in [-0.4, -0.2) is 76.6 Å². The molecule has 2 aliphatic rings. The molecule has 1 N–H and O–H groups in total. The van der Waals surface area contributed by atoms with Gasteiger partial charge in [-0.15, -0.1) is 0 Å². The number of likely N-dealkylation sites (tertiary alicyclic amines) is 1. The van der Waals surface area contributed by atoms with Gasteiger partial charge in [-0.1, -0.05) is 30.3 Å². The van der Waals surface area contributed by atoms with Gasteiger partial charge in [0.05, 0.1) is 19.0 Å². The van der Waals surface area contributed by atoms with E-state index in [1.54, 1.807) is 0 Å². The highest BCUT2D eigenvalue weighted by atomic mass is 32.2. The number of hydrogen-bond donors (Lipinski definition) is 1. The van der Waals surface area contributed by atoms with Crippen molar-refractivity contribution in [3.8, 4) is 0 Å². The molecule has 7 nitrogen and oxygen atoms in total. The summed E-state index contributed by atoms with van der Waals surface area (Å²) in [4.78, 5) is 16.7. The van der Waals surface area contributed by atoms with Crippen molar-refractivity contribution in [2.24, 2.45) is 5.92 Å². The number of sulfonamides is 1. The predicted molar refractivity (Wildman–Crippen MR) is 108 cm³/mol. The van der Waals surface area contributed by atoms with Gasteiger partial charge in [0.25, 0.3) is 0 Å². The van der Waals surface area contributed by atoms with Gasteiger partial charge in [0, 0.05) is 45.7 Å². The Balaban J connectivity index is 1.42. The number of amides is 1. The normalized spacial score (nSPS) is 21.6. The van der Waals surface area contributed by atoms with Crippen molar-refractivity contribution in [2.45, 2.75) is 25.0 Å². The minimum atomic E-state index is -3.37. The van der Waals surface area contributed by atoms with E-state index >= 15 is 0 Å². The first-order valence-corrected chi connectivity index (χ1v) is 11.8. The molecule has 156 valence electrons. The number of piperidine rings is 1. The third-order valence-electron chi connectivity index (χ3n) is 5.41. The highest BCUT2D eigenvalue weighted by Crippen LogP contribution is 2.17. The monoisotopic (exact) mass is 409 g/mol. The summed E-state index contributed by atoms with van der Waals surface area (Å²) < 4.78 is 32.7. The van der Waals surface area contributed by atoms with Gasteiger partial charge in [-0.3, -0.25) is 9.69 Å². The van der Waals surface area contributed by atoms with Crippen LogP contribution in [0.25, 0.3) is 0 Å². The highest BCUT2D eigenvalue weighted by molar-refractivity contribution is 7.88. The fourth-order valence-electron chi connectivity index (χ4n) is 3.78. The molecule has 0 aliphatic carbocycles. The van der Waals surface area contributed by atoms with Crippen LogP contribution in [0.1, 0.15) is 24.8 Å². The van der Waals surface area contributed by atoms with Gasteiger partial charge in [0.1, 0.15) is 0 Å². The molecule has 1 atom stereocenters. The van der Waals surface area contributed by atoms with Gasteiger partial charge in [-0.05, 0) is 24.3 Å². The van der Waals surface area contributed by atoms with Gasteiger partial charge in [0.2, 0.25) is 15.9 Å². The topological polar surface area (TPSA) is 79.0 Å². The molecule has 0 aromatic heterocycles. The Morgan fingerprint density at radius 1 is 1.14 bits per heavy atom. The molecule has 2 fully saturated rings. The Labute approximate surface area is 168 Å². The van der Waals surface area contributed by atoms with E-state index < -0.39 is 10.0 Å². The van der Waals surface area contributed by atoms with Crippen LogP contribution in [0.3, 0.4) is 0 Å². The minimum Gasteiger partial charge on any atom is -0.379 e. The van der Waals surface area contributed by atoms with Crippen molar-refractivity contribution < 1.29 is 17.9 Å². The Bertz CT molecular complexity index is 720. The van der Waals surface area contributed by atoms with E-state index in [1.165, 1.54) is 0 Å². The van der Waals surface area contributed by atoms with E-state index in [2.05, 4.69) is 9.62 Å². The number of benzene rings is 1. The quantitative estimate of drug-likeness (QED) is 0.695. The average molecular weight is 410 g/mol. The first kappa shape index (κ1) is 21.2. The summed E-state index contributed by atoms with van der Waals surface area (Å²) in [6.07, 6.45) is 2.39. The standard InChI is InChI=1S/C20H31N3O4S/c24-20(8-10-22-11-13-27-14-12-22)23-9-4-7-19(16-23)15-21-28(25,26)17-18-5-2-1-3-6-18/h1-3,5-6,19,21H,4,7-17H2/t19-/m1/s1. The maximum atomic E-state index is 12.6. The van der Waals surface area contributed by atoms with Gasteiger partial charge in [-0.25, -0.2) is 13.1 Å². The van der Waals surface area contributed by atoms with Crippen molar-refractivity contribution in [1.29, 1.82) is 0 Å². The second kappa shape index (κ2) is 10.3. The molecule has 3 rings (SSSR count). The zero-order valence-corrected chi connectivity index (χ0v) is 17.2. The average Bonchev–Trinajstić information content (AvgIpc) is 2.72. The molecule has 0 radical (unpaired) electrons. The summed E-state index contributed by atoms with van der Waals surface area (Å²) in [5.74, 6) is 0.331. The van der Waals surface area contributed by atoms with Gasteiger partial charge < -0.3 is 9.64 Å². The SMILES string of the molecule is O=C(CCN1CCOCC1)N1CCC[C@H](CNS(=O)(=O)Cc2ccccc2)C1. The molecule has 0 bridgehead atoms. The zero-order valence-electron chi connectivity index (χ0n) is 16.4. The Morgan fingerprint density at radius 2 is 1.89 bits per heavy atom. The summed E-state index contributed by atoms with van der Waals surface area (Å²) >= 11 is 0. The van der Waals surface area contributed by atoms with Crippen molar-refractivity contribution in [1.82, 2.24) is 14.5 Å². The summed E-state index contributed by atoms with van der Waals surface area (Å²) in [7, 11) is -3.37. The molecule has 2 saturated heterocycles. The molecule has 2 heterocycles. The number of rotatable bonds is 8. The third-order valence-corrected chi connectivity index (χ3v) is 6.73. The van der Waals surface area contributed by atoms with Crippen LogP contribution in [0, 0.1) is 5.92 Å². The molecule has 8 heteroatoms. The van der Waals surface area contributed by atoms with Crippen molar-refractivity contribution in [3.05, 3.63) is 35.9 Å². The van der Waals surface area contributed by atoms with E-state index in [9.17, 15) is 13.2 Å². The Hall–Kier alpha value is -1.48. The number of carbonyl (C=O) groups excluding carboxylic acids is 1. The van der Waals surface area contributed by atoms with Gasteiger partial charge in [0.15, 0.2) is 0 Å². The first-order chi connectivity index (χ1) is 13.5. The summed E-state index contributed by atoms with van der Waals surface area (Å²) in [6, 6.07) is 9.18. The molecule has 1 amide bonds. The number of carbonyl (C=O) groups is 1. The molecular weight excluding hydrogens is 378 g/mol. The zero-order chi connectivity index (χ0) is 19.8. The lowest BCUT2D eigenvalue weighted by Crippen LogP contribution is -2.45. The van der Waals surface area contributed by atoms with E-state index in [1.807, 2.05) is 35.2 Å². The Kier molecular flexibility index (Phi) is 7.84. The fraction of sp³-hybridized carbons (Fsp3) is 0.650. The summed E-state index contributed by atoms with van der Waals surface area (Å²) in [6.45, 7) is 5.82. The van der Waals surface area contributed by atoms with Crippen molar-refractivity contribution in [2.75, 3.05) is 52.5 Å². The second-order valence-corrected chi connectivity index (χ2v) is 9.45. The maximum Gasteiger partial charge on any atom is 0.223 e. The molecule has 0 saturated carbocycles. The molecule has 0 spiro atoms. The van der Waals surface area contributed by atoms with Gasteiger partial charge in [-0.2, -0.15) is 0 Å². The van der Waals surface area contributed by atoms with Crippen LogP contribution in [0.5, 0.6) is 0 Å². The number of nitrogens with one attached hydrogen (secondary N) is 1. The highest BCUT2D eigenvalue weighted by Gasteiger charge is 2.25. The summed E-state index contributed by atoms with van der Waals surface area (Å²) in [5, 5.41) is 0. The smallest absolute Gasteiger partial charge is 0.223 e. The van der Waals surface area contributed by atoms with Crippen LogP contribution in [0.15, 0.2) is 30.3 Å². The Morgan fingerprint density at radius 3 is 2.64 bits per heavy atom. The lowest BCUT2D eigenvalue weighted by atomic mass is 9.98. The van der Waals surface area contributed by atoms with Crippen LogP contribution >= 0.6 is 0 Å². The van der Waals surface area contributed by atoms with Gasteiger partial charge >= 0.3 is 0 Å².